The van der Waals surface area contributed by atoms with Crippen LogP contribution in [0.15, 0.2) is 24.3 Å². The van der Waals surface area contributed by atoms with E-state index in [0.29, 0.717) is 24.3 Å². The lowest BCUT2D eigenvalue weighted by atomic mass is 9.92. The van der Waals surface area contributed by atoms with E-state index in [1.54, 1.807) is 0 Å². The quantitative estimate of drug-likeness (QED) is 0.0934. The van der Waals surface area contributed by atoms with Gasteiger partial charge in [-0.1, -0.05) is 0 Å². The number of aliphatic hydroxyl groups is 2. The number of cyclic esters (lactones) is 2. The minimum absolute atomic E-state index is 0.406. The maximum absolute atomic E-state index is 13.5. The maximum Gasteiger partial charge on any atom is 0.339 e. The minimum atomic E-state index is -2.79. The molecule has 0 fully saturated rings. The molecule has 46 heavy (non-hydrogen) atoms. The van der Waals surface area contributed by atoms with E-state index in [1.807, 2.05) is 0 Å². The van der Waals surface area contributed by atoms with Gasteiger partial charge in [0.25, 0.3) is 0 Å². The average Bonchev–Trinajstić information content (AvgIpc) is 3.01. The van der Waals surface area contributed by atoms with Gasteiger partial charge in [-0.3, -0.25) is 0 Å². The zero-order valence-corrected chi connectivity index (χ0v) is 22.6. The van der Waals surface area contributed by atoms with Crippen molar-refractivity contribution in [3.63, 3.8) is 0 Å². The lowest BCUT2D eigenvalue weighted by Gasteiger charge is -2.31. The van der Waals surface area contributed by atoms with Gasteiger partial charge >= 0.3 is 23.9 Å². The molecule has 0 amide bonds. The molecule has 19 nitrogen and oxygen atoms in total. The molecule has 1 aliphatic heterocycles. The van der Waals surface area contributed by atoms with Crippen LogP contribution in [0.25, 0.3) is 11.1 Å². The molecule has 19 heteroatoms. The molecule has 3 aromatic rings. The number of esters is 3. The van der Waals surface area contributed by atoms with E-state index in [-0.39, 0.29) is 0 Å². The van der Waals surface area contributed by atoms with Crippen molar-refractivity contribution in [1.29, 1.82) is 0 Å². The zero-order valence-electron chi connectivity index (χ0n) is 22.6. The van der Waals surface area contributed by atoms with Gasteiger partial charge in [-0.25, -0.2) is 19.2 Å². The van der Waals surface area contributed by atoms with Gasteiger partial charge in [0.15, 0.2) is 58.6 Å². The molecule has 4 atom stereocenters. The monoisotopic (exact) mass is 650 g/mol. The molecule has 0 radical (unpaired) electrons. The highest BCUT2D eigenvalue weighted by Crippen LogP contribution is 2.52. The summed E-state index contributed by atoms with van der Waals surface area (Å²) in [4.78, 5) is 51.3. The number of aliphatic hydroxyl groups excluding tert-OH is 2. The molecule has 0 unspecified atom stereocenters. The van der Waals surface area contributed by atoms with Crippen molar-refractivity contribution >= 4 is 23.9 Å². The van der Waals surface area contributed by atoms with E-state index in [4.69, 9.17) is 14.2 Å². The van der Waals surface area contributed by atoms with E-state index in [0.717, 1.165) is 0 Å². The molecule has 0 spiro atoms. The third kappa shape index (κ3) is 5.65. The molecular formula is C27H22O19. The Labute approximate surface area is 253 Å². The van der Waals surface area contributed by atoms with Crippen LogP contribution in [-0.2, 0) is 19.0 Å². The number of ether oxygens (including phenoxy) is 3. The molecule has 0 aromatic heterocycles. The van der Waals surface area contributed by atoms with Gasteiger partial charge in [0.1, 0.15) is 12.7 Å². The number of hydrogen-bond acceptors (Lipinski definition) is 18. The summed E-state index contributed by atoms with van der Waals surface area (Å²) in [5.74, 6) is -17.9. The summed E-state index contributed by atoms with van der Waals surface area (Å²) in [6.07, 6.45) is -10.3. The number of rotatable bonds is 5. The summed E-state index contributed by atoms with van der Waals surface area (Å²) < 4.78 is 15.3. The fourth-order valence-electron chi connectivity index (χ4n) is 4.35. The number of carboxylic acid groups (broad SMARTS) is 1. The van der Waals surface area contributed by atoms with Crippen molar-refractivity contribution in [2.45, 2.75) is 24.4 Å². The fourth-order valence-corrected chi connectivity index (χ4v) is 4.35. The summed E-state index contributed by atoms with van der Waals surface area (Å²) in [5.41, 5.74) is -4.75. The molecule has 3 aromatic carbocycles. The molecule has 0 saturated heterocycles. The number of aromatic hydroxyl groups is 9. The Morgan fingerprint density at radius 1 is 0.696 bits per heavy atom. The van der Waals surface area contributed by atoms with E-state index >= 15 is 0 Å². The second-order valence-electron chi connectivity index (χ2n) is 9.58. The van der Waals surface area contributed by atoms with Crippen LogP contribution >= 0.6 is 0 Å². The van der Waals surface area contributed by atoms with Crippen LogP contribution in [0.1, 0.15) is 31.1 Å². The van der Waals surface area contributed by atoms with Gasteiger partial charge in [-0.2, -0.15) is 0 Å². The molecule has 0 saturated carbocycles. The highest BCUT2D eigenvalue weighted by Gasteiger charge is 2.44. The molecule has 0 aliphatic carbocycles. The molecule has 12 N–H and O–H groups in total. The maximum atomic E-state index is 13.5. The summed E-state index contributed by atoms with van der Waals surface area (Å²) in [6.45, 7) is -1.29. The van der Waals surface area contributed by atoms with Crippen LogP contribution in [0.4, 0.5) is 0 Å². The molecule has 244 valence electrons. The smallest absolute Gasteiger partial charge is 0.339 e. The largest absolute Gasteiger partial charge is 0.504 e. The van der Waals surface area contributed by atoms with Crippen LogP contribution in [-0.4, -0.2) is 116 Å². The van der Waals surface area contributed by atoms with Crippen molar-refractivity contribution in [2.24, 2.45) is 0 Å². The summed E-state index contributed by atoms with van der Waals surface area (Å²) >= 11 is 0. The Morgan fingerprint density at radius 2 is 1.15 bits per heavy atom. The first-order chi connectivity index (χ1) is 21.5. The average molecular weight is 650 g/mol. The third-order valence-corrected chi connectivity index (χ3v) is 6.66. The Kier molecular flexibility index (Phi) is 8.48. The van der Waals surface area contributed by atoms with Crippen molar-refractivity contribution in [3.05, 3.63) is 41.0 Å². The SMILES string of the molecule is O=C(O[C@H]1COC(=O)c2cc(O)c(O)c(O)c2-c2c(cc(O)c(O)c2O)C(=O)O[C@H]1[C@H](O)[C@@H](O)C(=O)O)c1cc(O)c(O)c(O)c1. The number of aliphatic carboxylic acids is 1. The summed E-state index contributed by atoms with van der Waals surface area (Å²) in [7, 11) is 0. The van der Waals surface area contributed by atoms with Gasteiger partial charge in [0.2, 0.25) is 11.5 Å². The third-order valence-electron chi connectivity index (χ3n) is 6.66. The number of carboxylic acids is 1. The second kappa shape index (κ2) is 12.0. The van der Waals surface area contributed by atoms with Crippen LogP contribution in [0.2, 0.25) is 0 Å². The van der Waals surface area contributed by atoms with Crippen LogP contribution in [0, 0.1) is 0 Å². The zero-order chi connectivity index (χ0) is 34.4. The van der Waals surface area contributed by atoms with Crippen LogP contribution in [0.5, 0.6) is 51.7 Å². The first-order valence-corrected chi connectivity index (χ1v) is 12.4. The van der Waals surface area contributed by atoms with E-state index < -0.39 is 134 Å². The molecular weight excluding hydrogens is 628 g/mol. The highest BCUT2D eigenvalue weighted by molar-refractivity contribution is 6.08. The van der Waals surface area contributed by atoms with Crippen LogP contribution < -0.4 is 0 Å². The van der Waals surface area contributed by atoms with Gasteiger partial charge in [0, 0.05) is 11.1 Å². The molecule has 1 aliphatic rings. The summed E-state index contributed by atoms with van der Waals surface area (Å²) in [5, 5.41) is 121. The van der Waals surface area contributed by atoms with Crippen molar-refractivity contribution in [1.82, 2.24) is 0 Å². The van der Waals surface area contributed by atoms with Crippen molar-refractivity contribution in [3.8, 4) is 62.9 Å². The number of carbonyl (C=O) groups excluding carboxylic acids is 3. The van der Waals surface area contributed by atoms with Crippen molar-refractivity contribution in [2.75, 3.05) is 6.61 Å². The lowest BCUT2D eigenvalue weighted by molar-refractivity contribution is -0.165. The van der Waals surface area contributed by atoms with Crippen molar-refractivity contribution < 1.29 is 94.7 Å². The number of fused-ring (bicyclic) bond motifs is 3. The minimum Gasteiger partial charge on any atom is -0.504 e. The number of hydrogen-bond donors (Lipinski definition) is 12. The number of phenolic OH excluding ortho intramolecular Hbond substituents is 9. The molecule has 0 bridgehead atoms. The Morgan fingerprint density at radius 3 is 1.63 bits per heavy atom. The van der Waals surface area contributed by atoms with Gasteiger partial charge in [-0.15, -0.1) is 0 Å². The standard InChI is InChI=1S/C27H22O19/c28-9-1-6(2-10(29)16(9)32)25(41)45-13-5-44-26(42)7-3-11(30)17(33)19(35)14(7)15-8(4-12(31)18(34)20(15)36)27(43)46-23(13)21(37)22(38)24(39)40/h1-4,13,21-23,28-38H,5H2,(H,39,40)/t13-,21+,22+,23+/m0/s1. The van der Waals surface area contributed by atoms with Gasteiger partial charge in [-0.05, 0) is 24.3 Å². The Balaban J connectivity index is 1.96. The topological polar surface area (TPSA) is 339 Å². The van der Waals surface area contributed by atoms with E-state index in [1.165, 1.54) is 0 Å². The van der Waals surface area contributed by atoms with E-state index in [9.17, 15) is 80.5 Å². The first-order valence-electron chi connectivity index (χ1n) is 12.4. The van der Waals surface area contributed by atoms with Gasteiger partial charge in [0.05, 0.1) is 16.7 Å². The van der Waals surface area contributed by atoms with Gasteiger partial charge < -0.3 is 75.5 Å². The molecule has 4 rings (SSSR count). The number of phenols is 9. The first kappa shape index (κ1) is 32.6. The number of benzene rings is 3. The summed E-state index contributed by atoms with van der Waals surface area (Å²) in [6, 6.07) is 2.05. The van der Waals surface area contributed by atoms with E-state index in [2.05, 4.69) is 0 Å². The Bertz CT molecular complexity index is 1760. The lowest BCUT2D eigenvalue weighted by Crippen LogP contribution is -2.52. The second-order valence-corrected chi connectivity index (χ2v) is 9.58. The predicted molar refractivity (Wildman–Crippen MR) is 142 cm³/mol. The fraction of sp³-hybridized carbons (Fsp3) is 0.185. The predicted octanol–water partition coefficient (Wildman–Crippen LogP) is -0.568. The van der Waals surface area contributed by atoms with Crippen LogP contribution in [0.3, 0.4) is 0 Å². The Hall–Kier alpha value is -6.34. The highest BCUT2D eigenvalue weighted by atomic mass is 16.6. The number of carbonyl (C=O) groups is 4. The molecule has 1 heterocycles. The normalized spacial score (nSPS) is 17.7.